The van der Waals surface area contributed by atoms with Gasteiger partial charge in [0.15, 0.2) is 0 Å². The van der Waals surface area contributed by atoms with Gasteiger partial charge in [0.25, 0.3) is 0 Å². The predicted molar refractivity (Wildman–Crippen MR) is 120 cm³/mol. The average Bonchev–Trinajstić information content (AvgIpc) is 3.40. The molecule has 7 nitrogen and oxygen atoms in total. The number of fused-ring (bicyclic) bond motifs is 1. The highest BCUT2D eigenvalue weighted by Gasteiger charge is 2.14. The highest BCUT2D eigenvalue weighted by atomic mass is 32.1. The maximum Gasteiger partial charge on any atom is 0.223 e. The number of imidazole rings is 1. The van der Waals surface area contributed by atoms with Gasteiger partial charge in [-0.05, 0) is 30.0 Å². The molecule has 0 aliphatic heterocycles. The lowest BCUT2D eigenvalue weighted by Crippen LogP contribution is -2.27. The maximum absolute atomic E-state index is 9.83. The summed E-state index contributed by atoms with van der Waals surface area (Å²) in [5.74, 6) is 0.477. The van der Waals surface area contributed by atoms with Crippen LogP contribution < -0.4 is 5.32 Å². The summed E-state index contributed by atoms with van der Waals surface area (Å²) < 4.78 is 3.09. The second-order valence-corrected chi connectivity index (χ2v) is 8.35. The molecule has 2 atom stereocenters. The lowest BCUT2D eigenvalue weighted by atomic mass is 10.2. The fourth-order valence-corrected chi connectivity index (χ4v) is 4.29. The third-order valence-corrected chi connectivity index (χ3v) is 6.06. The van der Waals surface area contributed by atoms with E-state index in [2.05, 4.69) is 38.5 Å². The molecule has 1 aromatic carbocycles. The number of nitrogens with one attached hydrogen (secondary N) is 1. The lowest BCUT2D eigenvalue weighted by molar-refractivity contribution is 0.150. The Labute approximate surface area is 179 Å². The molecule has 4 aromatic rings. The van der Waals surface area contributed by atoms with Crippen molar-refractivity contribution in [3.8, 4) is 10.6 Å². The van der Waals surface area contributed by atoms with Gasteiger partial charge >= 0.3 is 0 Å². The number of benzene rings is 1. The van der Waals surface area contributed by atoms with E-state index in [1.165, 1.54) is 10.1 Å². The number of rotatable bonds is 9. The molecule has 0 spiro atoms. The van der Waals surface area contributed by atoms with Gasteiger partial charge < -0.3 is 20.1 Å². The predicted octanol–water partition coefficient (Wildman–Crippen LogP) is 3.34. The first-order valence-corrected chi connectivity index (χ1v) is 10.8. The Morgan fingerprint density at radius 3 is 2.87 bits per heavy atom. The molecule has 30 heavy (non-hydrogen) atoms. The highest BCUT2D eigenvalue weighted by Crippen LogP contribution is 2.32. The third-order valence-electron chi connectivity index (χ3n) is 4.92. The molecule has 0 amide bonds. The first-order valence-electron chi connectivity index (χ1n) is 10.0. The molecule has 8 heteroatoms. The first kappa shape index (κ1) is 20.5. The molecule has 0 aliphatic rings. The number of thiophene rings is 1. The maximum atomic E-state index is 9.83. The van der Waals surface area contributed by atoms with Crippen LogP contribution in [0.1, 0.15) is 19.0 Å². The topological polar surface area (TPSA) is 96.1 Å². The van der Waals surface area contributed by atoms with Crippen LogP contribution in [0.2, 0.25) is 0 Å². The summed E-state index contributed by atoms with van der Waals surface area (Å²) in [6.45, 7) is 2.39. The molecule has 0 saturated heterocycles. The number of hydrogen-bond acceptors (Lipinski definition) is 7. The van der Waals surface area contributed by atoms with E-state index < -0.39 is 0 Å². The summed E-state index contributed by atoms with van der Waals surface area (Å²) in [4.78, 5) is 14.4. The van der Waals surface area contributed by atoms with Crippen LogP contribution in [0.15, 0.2) is 55.1 Å². The Hall–Kier alpha value is -2.81. The molecule has 3 aromatic heterocycles. The zero-order valence-electron chi connectivity index (χ0n) is 16.8. The van der Waals surface area contributed by atoms with Crippen molar-refractivity contribution >= 4 is 27.4 Å². The minimum Gasteiger partial charge on any atom is -0.394 e. The van der Waals surface area contributed by atoms with Gasteiger partial charge in [-0.15, -0.1) is 11.3 Å². The van der Waals surface area contributed by atoms with Crippen molar-refractivity contribution < 1.29 is 10.2 Å². The van der Waals surface area contributed by atoms with Gasteiger partial charge in [-0.25, -0.2) is 15.0 Å². The summed E-state index contributed by atoms with van der Waals surface area (Å²) in [6.07, 6.45) is 6.18. The Bertz CT molecular complexity index is 1080. The molecule has 0 fully saturated rings. The average molecular weight is 424 g/mol. The van der Waals surface area contributed by atoms with E-state index >= 15 is 0 Å². The van der Waals surface area contributed by atoms with Crippen LogP contribution in [0.4, 0.5) is 5.95 Å². The van der Waals surface area contributed by atoms with E-state index in [0.717, 1.165) is 16.3 Å². The molecular weight excluding hydrogens is 398 g/mol. The molecule has 4 rings (SSSR count). The van der Waals surface area contributed by atoms with Gasteiger partial charge in [-0.1, -0.05) is 25.1 Å². The van der Waals surface area contributed by atoms with Crippen molar-refractivity contribution in [3.63, 3.8) is 0 Å². The van der Waals surface area contributed by atoms with Gasteiger partial charge in [0.1, 0.15) is 0 Å². The van der Waals surface area contributed by atoms with Crippen molar-refractivity contribution in [2.24, 2.45) is 0 Å². The number of hydrogen-bond donors (Lipinski definition) is 3. The molecule has 3 N–H and O–H groups in total. The third kappa shape index (κ3) is 4.84. The number of anilines is 1. The zero-order chi connectivity index (χ0) is 20.9. The van der Waals surface area contributed by atoms with Crippen molar-refractivity contribution in [2.45, 2.75) is 38.5 Å². The number of aromatic nitrogens is 4. The van der Waals surface area contributed by atoms with Crippen molar-refractivity contribution in [2.75, 3.05) is 11.9 Å². The second-order valence-electron chi connectivity index (χ2n) is 7.27. The molecule has 1 unspecified atom stereocenters. The Kier molecular flexibility index (Phi) is 6.37. The van der Waals surface area contributed by atoms with Crippen LogP contribution >= 0.6 is 11.3 Å². The Morgan fingerprint density at radius 1 is 1.20 bits per heavy atom. The summed E-state index contributed by atoms with van der Waals surface area (Å²) in [7, 11) is 0. The van der Waals surface area contributed by atoms with Crippen LogP contribution in [0.5, 0.6) is 0 Å². The second kappa shape index (κ2) is 9.34. The standard InChI is InChI=1S/C22H25N5O2S/c1-2-18(29)12-27-11-16(24-14-27)10-17(13-28)25-22-23-8-7-19(26-22)21-9-15-5-3-4-6-20(15)30-21/h3-9,11,14,17-18,28-29H,2,10,12-13H2,1H3,(H,23,25,26)/t17-,18?/m0/s1. The SMILES string of the molecule is CCC(O)Cn1cnc(C[C@@H](CO)Nc2nccc(-c3cc4ccccc4s3)n2)c1. The van der Waals surface area contributed by atoms with E-state index in [1.807, 2.05) is 35.9 Å². The normalized spacial score (nSPS) is 13.4. The fraction of sp³-hybridized carbons (Fsp3) is 0.318. The summed E-state index contributed by atoms with van der Waals surface area (Å²) in [5.41, 5.74) is 1.69. The molecular formula is C22H25N5O2S. The number of nitrogens with zero attached hydrogens (tertiary/aromatic N) is 4. The van der Waals surface area contributed by atoms with E-state index in [0.29, 0.717) is 25.3 Å². The Morgan fingerprint density at radius 2 is 2.07 bits per heavy atom. The van der Waals surface area contributed by atoms with Crippen LogP contribution in [0.25, 0.3) is 20.7 Å². The van der Waals surface area contributed by atoms with Crippen LogP contribution in [0, 0.1) is 0 Å². The van der Waals surface area contributed by atoms with Crippen molar-refractivity contribution in [3.05, 3.63) is 60.8 Å². The number of aliphatic hydroxyl groups is 2. The van der Waals surface area contributed by atoms with Crippen LogP contribution in [-0.2, 0) is 13.0 Å². The Balaban J connectivity index is 1.45. The molecule has 0 aliphatic carbocycles. The summed E-state index contributed by atoms with van der Waals surface area (Å²) in [5, 5.41) is 24.0. The molecule has 0 radical (unpaired) electrons. The molecule has 156 valence electrons. The summed E-state index contributed by atoms with van der Waals surface area (Å²) >= 11 is 1.70. The highest BCUT2D eigenvalue weighted by molar-refractivity contribution is 7.22. The smallest absolute Gasteiger partial charge is 0.223 e. The first-order chi connectivity index (χ1) is 14.6. The van der Waals surface area contributed by atoms with Crippen molar-refractivity contribution in [1.82, 2.24) is 19.5 Å². The molecule has 0 bridgehead atoms. The van der Waals surface area contributed by atoms with Gasteiger partial charge in [-0.3, -0.25) is 0 Å². The van der Waals surface area contributed by atoms with Gasteiger partial charge in [0.05, 0.1) is 41.3 Å². The minimum absolute atomic E-state index is 0.0685. The van der Waals surface area contributed by atoms with E-state index in [4.69, 9.17) is 0 Å². The van der Waals surface area contributed by atoms with Crippen LogP contribution in [0.3, 0.4) is 0 Å². The van der Waals surface area contributed by atoms with Crippen LogP contribution in [-0.4, -0.2) is 48.5 Å². The van der Waals surface area contributed by atoms with E-state index in [9.17, 15) is 10.2 Å². The fourth-order valence-electron chi connectivity index (χ4n) is 3.25. The minimum atomic E-state index is -0.385. The van der Waals surface area contributed by atoms with E-state index in [1.54, 1.807) is 23.9 Å². The summed E-state index contributed by atoms with van der Waals surface area (Å²) in [6, 6.07) is 12.0. The quantitative estimate of drug-likeness (QED) is 0.382. The zero-order valence-corrected chi connectivity index (χ0v) is 17.6. The largest absolute Gasteiger partial charge is 0.394 e. The van der Waals surface area contributed by atoms with Crippen molar-refractivity contribution in [1.29, 1.82) is 0 Å². The lowest BCUT2D eigenvalue weighted by Gasteiger charge is -2.15. The number of aliphatic hydroxyl groups excluding tert-OH is 2. The van der Waals surface area contributed by atoms with Gasteiger partial charge in [-0.2, -0.15) is 0 Å². The molecule has 3 heterocycles. The van der Waals surface area contributed by atoms with E-state index in [-0.39, 0.29) is 18.8 Å². The molecule has 0 saturated carbocycles. The van der Waals surface area contributed by atoms with Gasteiger partial charge in [0.2, 0.25) is 5.95 Å². The van der Waals surface area contributed by atoms with Gasteiger partial charge in [0, 0.05) is 30.1 Å². The monoisotopic (exact) mass is 423 g/mol.